The number of thiocarbonyl (C=S) groups is 1. The molecule has 21 heavy (non-hydrogen) atoms. The van der Waals surface area contributed by atoms with Crippen molar-refractivity contribution in [1.82, 2.24) is 4.90 Å². The van der Waals surface area contributed by atoms with Crippen molar-refractivity contribution in [2.45, 2.75) is 44.7 Å². The summed E-state index contributed by atoms with van der Waals surface area (Å²) < 4.78 is 0. The average molecular weight is 326 g/mol. The molecule has 3 N–H and O–H groups in total. The van der Waals surface area contributed by atoms with Crippen LogP contribution in [0.3, 0.4) is 0 Å². The Morgan fingerprint density at radius 2 is 1.90 bits per heavy atom. The Morgan fingerprint density at radius 1 is 1.29 bits per heavy atom. The molecule has 0 saturated heterocycles. The summed E-state index contributed by atoms with van der Waals surface area (Å²) in [5.41, 5.74) is 7.88. The summed E-state index contributed by atoms with van der Waals surface area (Å²) in [7, 11) is 0. The van der Waals surface area contributed by atoms with Crippen molar-refractivity contribution >= 4 is 34.7 Å². The van der Waals surface area contributed by atoms with Crippen molar-refractivity contribution in [1.29, 1.82) is 0 Å². The number of nitrogens with one attached hydrogen (secondary N) is 1. The largest absolute Gasteiger partial charge is 0.389 e. The van der Waals surface area contributed by atoms with E-state index in [0.29, 0.717) is 17.1 Å². The molecule has 0 bridgehead atoms. The highest BCUT2D eigenvalue weighted by Gasteiger charge is 2.14. The predicted octanol–water partition coefficient (Wildman–Crippen LogP) is 3.57. The van der Waals surface area contributed by atoms with Gasteiger partial charge in [0.2, 0.25) is 0 Å². The lowest BCUT2D eigenvalue weighted by molar-refractivity contribution is 0.182. The topological polar surface area (TPSA) is 41.3 Å². The van der Waals surface area contributed by atoms with Gasteiger partial charge in [0.25, 0.3) is 0 Å². The molecule has 0 aromatic heterocycles. The molecule has 0 saturated carbocycles. The molecule has 0 aliphatic rings. The number of nitrogens with zero attached hydrogens (tertiary/aromatic N) is 1. The van der Waals surface area contributed by atoms with Gasteiger partial charge in [0, 0.05) is 41.3 Å². The van der Waals surface area contributed by atoms with Crippen molar-refractivity contribution in [2.75, 3.05) is 24.7 Å². The Morgan fingerprint density at radius 3 is 2.38 bits per heavy atom. The standard InChI is InChI=1S/C16H27N3S2/c1-11(2)19(12(3)4)10-9-18-13-7-6-8-14(21-5)15(13)16(17)20/h6-8,11-12,18H,9-10H2,1-5H3,(H2,17,20). The van der Waals surface area contributed by atoms with Crippen LogP contribution in [0.15, 0.2) is 23.1 Å². The van der Waals surface area contributed by atoms with E-state index in [0.717, 1.165) is 29.2 Å². The van der Waals surface area contributed by atoms with E-state index in [1.54, 1.807) is 11.8 Å². The molecule has 0 aliphatic heterocycles. The summed E-state index contributed by atoms with van der Waals surface area (Å²) in [5.74, 6) is 0. The number of anilines is 1. The Balaban J connectivity index is 2.78. The van der Waals surface area contributed by atoms with E-state index >= 15 is 0 Å². The predicted molar refractivity (Wildman–Crippen MR) is 99.6 cm³/mol. The summed E-state index contributed by atoms with van der Waals surface area (Å²) in [4.78, 5) is 4.04. The smallest absolute Gasteiger partial charge is 0.107 e. The molecule has 1 aromatic carbocycles. The summed E-state index contributed by atoms with van der Waals surface area (Å²) in [6.07, 6.45) is 2.04. The molecule has 1 aromatic rings. The highest BCUT2D eigenvalue weighted by molar-refractivity contribution is 7.98. The fourth-order valence-corrected chi connectivity index (χ4v) is 3.46. The van der Waals surface area contributed by atoms with Crippen LogP contribution in [0.25, 0.3) is 0 Å². The van der Waals surface area contributed by atoms with Crippen LogP contribution in [0, 0.1) is 0 Å². The minimum absolute atomic E-state index is 0.451. The third-order valence-electron chi connectivity index (χ3n) is 3.50. The first kappa shape index (κ1) is 18.3. The van der Waals surface area contributed by atoms with Gasteiger partial charge in [0.15, 0.2) is 0 Å². The number of thioether (sulfide) groups is 1. The number of benzene rings is 1. The van der Waals surface area contributed by atoms with Gasteiger partial charge in [-0.25, -0.2) is 0 Å². The fraction of sp³-hybridized carbons (Fsp3) is 0.562. The fourth-order valence-electron chi connectivity index (χ4n) is 2.54. The minimum Gasteiger partial charge on any atom is -0.389 e. The Hall–Kier alpha value is -0.780. The Labute approximate surface area is 138 Å². The van der Waals surface area contributed by atoms with Gasteiger partial charge in [0.05, 0.1) is 0 Å². The van der Waals surface area contributed by atoms with E-state index in [4.69, 9.17) is 18.0 Å². The van der Waals surface area contributed by atoms with Crippen LogP contribution in [-0.2, 0) is 0 Å². The molecule has 3 nitrogen and oxygen atoms in total. The SMILES string of the molecule is CSc1cccc(NCCN(C(C)C)C(C)C)c1C(N)=S. The molecule has 0 fully saturated rings. The van der Waals surface area contributed by atoms with Crippen molar-refractivity contribution in [3.63, 3.8) is 0 Å². The van der Waals surface area contributed by atoms with Gasteiger partial charge >= 0.3 is 0 Å². The number of rotatable bonds is 8. The maximum Gasteiger partial charge on any atom is 0.107 e. The maximum atomic E-state index is 5.89. The first-order valence-electron chi connectivity index (χ1n) is 7.34. The van der Waals surface area contributed by atoms with E-state index in [1.165, 1.54) is 0 Å². The normalized spacial score (nSPS) is 11.4. The van der Waals surface area contributed by atoms with Crippen molar-refractivity contribution < 1.29 is 0 Å². The second-order valence-electron chi connectivity index (χ2n) is 5.60. The van der Waals surface area contributed by atoms with Gasteiger partial charge in [0.1, 0.15) is 4.99 Å². The van der Waals surface area contributed by atoms with Crippen molar-refractivity contribution in [3.05, 3.63) is 23.8 Å². The van der Waals surface area contributed by atoms with Crippen LogP contribution < -0.4 is 11.1 Å². The van der Waals surface area contributed by atoms with Gasteiger partial charge in [-0.15, -0.1) is 11.8 Å². The van der Waals surface area contributed by atoms with Gasteiger partial charge in [-0.3, -0.25) is 4.90 Å². The third-order valence-corrected chi connectivity index (χ3v) is 4.49. The Kier molecular flexibility index (Phi) is 7.49. The van der Waals surface area contributed by atoms with E-state index in [9.17, 15) is 0 Å². The molecule has 0 atom stereocenters. The zero-order chi connectivity index (χ0) is 16.0. The Bertz CT molecular complexity index is 465. The quantitative estimate of drug-likeness (QED) is 0.565. The number of hydrogen-bond acceptors (Lipinski definition) is 4. The van der Waals surface area contributed by atoms with E-state index in [-0.39, 0.29) is 0 Å². The van der Waals surface area contributed by atoms with Gasteiger partial charge in [-0.05, 0) is 46.1 Å². The van der Waals surface area contributed by atoms with E-state index in [2.05, 4.69) is 44.0 Å². The molecular weight excluding hydrogens is 298 g/mol. The van der Waals surface area contributed by atoms with Crippen LogP contribution in [0.1, 0.15) is 33.3 Å². The molecule has 118 valence electrons. The average Bonchev–Trinajstić information content (AvgIpc) is 2.41. The first-order chi connectivity index (χ1) is 9.88. The minimum atomic E-state index is 0.451. The van der Waals surface area contributed by atoms with Crippen LogP contribution in [0.4, 0.5) is 5.69 Å². The first-order valence-corrected chi connectivity index (χ1v) is 8.98. The second kappa shape index (κ2) is 8.61. The summed E-state index contributed by atoms with van der Waals surface area (Å²) in [6, 6.07) is 7.22. The molecular formula is C16H27N3S2. The lowest BCUT2D eigenvalue weighted by Crippen LogP contribution is -2.40. The van der Waals surface area contributed by atoms with Crippen molar-refractivity contribution in [3.8, 4) is 0 Å². The highest BCUT2D eigenvalue weighted by Crippen LogP contribution is 2.27. The molecule has 1 rings (SSSR count). The summed E-state index contributed by atoms with van der Waals surface area (Å²) in [6.45, 7) is 10.8. The summed E-state index contributed by atoms with van der Waals surface area (Å²) >= 11 is 6.87. The zero-order valence-electron chi connectivity index (χ0n) is 13.6. The lowest BCUT2D eigenvalue weighted by atomic mass is 10.1. The second-order valence-corrected chi connectivity index (χ2v) is 6.89. The van der Waals surface area contributed by atoms with E-state index < -0.39 is 0 Å². The zero-order valence-corrected chi connectivity index (χ0v) is 15.3. The molecule has 0 heterocycles. The van der Waals surface area contributed by atoms with Crippen molar-refractivity contribution in [2.24, 2.45) is 5.73 Å². The molecule has 0 radical (unpaired) electrons. The molecule has 0 unspecified atom stereocenters. The van der Waals surface area contributed by atoms with Crippen LogP contribution in [0.2, 0.25) is 0 Å². The third kappa shape index (κ3) is 5.16. The van der Waals surface area contributed by atoms with Crippen LogP contribution in [0.5, 0.6) is 0 Å². The lowest BCUT2D eigenvalue weighted by Gasteiger charge is -2.30. The number of hydrogen-bond donors (Lipinski definition) is 2. The monoisotopic (exact) mass is 325 g/mol. The van der Waals surface area contributed by atoms with Crippen LogP contribution in [-0.4, -0.2) is 41.3 Å². The maximum absolute atomic E-state index is 5.89. The number of nitrogens with two attached hydrogens (primary N) is 1. The van der Waals surface area contributed by atoms with Gasteiger partial charge < -0.3 is 11.1 Å². The molecule has 5 heteroatoms. The highest BCUT2D eigenvalue weighted by atomic mass is 32.2. The van der Waals surface area contributed by atoms with Gasteiger partial charge in [-0.1, -0.05) is 18.3 Å². The molecule has 0 spiro atoms. The van der Waals surface area contributed by atoms with Crippen LogP contribution >= 0.6 is 24.0 Å². The molecule has 0 amide bonds. The van der Waals surface area contributed by atoms with Gasteiger partial charge in [-0.2, -0.15) is 0 Å². The van der Waals surface area contributed by atoms with E-state index in [1.807, 2.05) is 18.4 Å². The molecule has 0 aliphatic carbocycles. The summed E-state index contributed by atoms with van der Waals surface area (Å²) in [5, 5.41) is 3.49.